The Morgan fingerprint density at radius 3 is 2.52 bits per heavy atom. The van der Waals surface area contributed by atoms with Gasteiger partial charge in [0.15, 0.2) is 5.78 Å². The van der Waals surface area contributed by atoms with Gasteiger partial charge in [-0.15, -0.1) is 12.4 Å². The number of hydrogen-bond acceptors (Lipinski definition) is 3. The Morgan fingerprint density at radius 2 is 1.91 bits per heavy atom. The quantitative estimate of drug-likeness (QED) is 0.778. The van der Waals surface area contributed by atoms with Crippen LogP contribution in [0, 0.1) is 5.92 Å². The molecule has 2 rings (SSSR count). The average Bonchev–Trinajstić information content (AvgIpc) is 3.01. The second-order valence-electron chi connectivity index (χ2n) is 6.03. The first-order valence-corrected chi connectivity index (χ1v) is 8.18. The minimum absolute atomic E-state index is 0. The SMILES string of the molecule is CCc1ccc(C(=O)CCC(=O)N2CCC(CNC)C2)cc1.Cl. The summed E-state index contributed by atoms with van der Waals surface area (Å²) in [6.45, 7) is 4.68. The molecule has 0 bridgehead atoms. The molecule has 1 atom stereocenters. The minimum Gasteiger partial charge on any atom is -0.342 e. The molecule has 1 aliphatic rings. The molecule has 0 radical (unpaired) electrons. The van der Waals surface area contributed by atoms with Crippen molar-refractivity contribution in [3.8, 4) is 0 Å². The third-order valence-electron chi connectivity index (χ3n) is 4.38. The maximum Gasteiger partial charge on any atom is 0.223 e. The standard InChI is InChI=1S/C18H26N2O2.ClH/c1-3-14-4-6-16(7-5-14)17(21)8-9-18(22)20-11-10-15(13-20)12-19-2;/h4-7,15,19H,3,8-13H2,1-2H3;1H. The zero-order valence-electron chi connectivity index (χ0n) is 14.0. The molecule has 1 fully saturated rings. The molecule has 1 N–H and O–H groups in total. The third-order valence-corrected chi connectivity index (χ3v) is 4.38. The van der Waals surface area contributed by atoms with E-state index in [4.69, 9.17) is 0 Å². The van der Waals surface area contributed by atoms with Gasteiger partial charge in [0.2, 0.25) is 5.91 Å². The highest BCUT2D eigenvalue weighted by Gasteiger charge is 2.25. The number of carbonyl (C=O) groups excluding carboxylic acids is 2. The molecule has 23 heavy (non-hydrogen) atoms. The van der Waals surface area contributed by atoms with Crippen LogP contribution in [0.3, 0.4) is 0 Å². The third kappa shape index (κ3) is 5.63. The summed E-state index contributed by atoms with van der Waals surface area (Å²) >= 11 is 0. The summed E-state index contributed by atoms with van der Waals surface area (Å²) in [5.74, 6) is 0.713. The van der Waals surface area contributed by atoms with E-state index in [2.05, 4.69) is 12.2 Å². The maximum atomic E-state index is 12.2. The molecule has 1 saturated heterocycles. The number of ketones is 1. The summed E-state index contributed by atoms with van der Waals surface area (Å²) in [5.41, 5.74) is 1.93. The van der Waals surface area contributed by atoms with Gasteiger partial charge in [0.05, 0.1) is 0 Å². The normalized spacial score (nSPS) is 17.0. The van der Waals surface area contributed by atoms with Crippen LogP contribution in [0.1, 0.15) is 42.1 Å². The number of carbonyl (C=O) groups is 2. The van der Waals surface area contributed by atoms with Crippen molar-refractivity contribution in [1.29, 1.82) is 0 Å². The average molecular weight is 339 g/mol. The van der Waals surface area contributed by atoms with Crippen molar-refractivity contribution in [3.05, 3.63) is 35.4 Å². The number of rotatable bonds is 7. The van der Waals surface area contributed by atoms with Crippen LogP contribution in [0.4, 0.5) is 0 Å². The van der Waals surface area contributed by atoms with Gasteiger partial charge in [0.1, 0.15) is 0 Å². The van der Waals surface area contributed by atoms with Crippen molar-refractivity contribution in [2.24, 2.45) is 5.92 Å². The maximum absolute atomic E-state index is 12.2. The number of amides is 1. The van der Waals surface area contributed by atoms with E-state index in [-0.39, 0.29) is 24.1 Å². The van der Waals surface area contributed by atoms with Crippen molar-refractivity contribution in [1.82, 2.24) is 10.2 Å². The Bertz CT molecular complexity index is 516. The molecule has 4 nitrogen and oxygen atoms in total. The predicted octanol–water partition coefficient (Wildman–Crippen LogP) is 2.70. The van der Waals surface area contributed by atoms with Crippen molar-refractivity contribution >= 4 is 24.1 Å². The molecule has 5 heteroatoms. The van der Waals surface area contributed by atoms with Crippen molar-refractivity contribution < 1.29 is 9.59 Å². The van der Waals surface area contributed by atoms with E-state index in [1.54, 1.807) is 0 Å². The number of halogens is 1. The largest absolute Gasteiger partial charge is 0.342 e. The first kappa shape index (κ1) is 19.7. The fourth-order valence-electron chi connectivity index (χ4n) is 2.96. The van der Waals surface area contributed by atoms with Crippen LogP contribution in [-0.4, -0.2) is 43.3 Å². The Labute approximate surface area is 145 Å². The summed E-state index contributed by atoms with van der Waals surface area (Å²) in [6.07, 6.45) is 2.65. The van der Waals surface area contributed by atoms with Crippen molar-refractivity contribution in [2.75, 3.05) is 26.7 Å². The van der Waals surface area contributed by atoms with Gasteiger partial charge >= 0.3 is 0 Å². The van der Waals surface area contributed by atoms with Gasteiger partial charge in [-0.25, -0.2) is 0 Å². The summed E-state index contributed by atoms with van der Waals surface area (Å²) < 4.78 is 0. The van der Waals surface area contributed by atoms with Crippen LogP contribution in [0.25, 0.3) is 0 Å². The first-order chi connectivity index (χ1) is 10.6. The van der Waals surface area contributed by atoms with E-state index in [9.17, 15) is 9.59 Å². The summed E-state index contributed by atoms with van der Waals surface area (Å²) in [6, 6.07) is 7.70. The lowest BCUT2D eigenvalue weighted by Gasteiger charge is -2.16. The summed E-state index contributed by atoms with van der Waals surface area (Å²) in [4.78, 5) is 26.2. The molecule has 0 saturated carbocycles. The molecule has 1 aliphatic heterocycles. The number of benzene rings is 1. The highest BCUT2D eigenvalue weighted by molar-refractivity contribution is 5.98. The Hall–Kier alpha value is -1.39. The second kappa shape index (κ2) is 9.68. The van der Waals surface area contributed by atoms with Gasteiger partial charge in [-0.1, -0.05) is 31.2 Å². The monoisotopic (exact) mass is 338 g/mol. The van der Waals surface area contributed by atoms with Gasteiger partial charge in [0.25, 0.3) is 0 Å². The zero-order valence-corrected chi connectivity index (χ0v) is 14.8. The highest BCUT2D eigenvalue weighted by atomic mass is 35.5. The van der Waals surface area contributed by atoms with Crippen molar-refractivity contribution in [3.63, 3.8) is 0 Å². The summed E-state index contributed by atoms with van der Waals surface area (Å²) in [7, 11) is 1.94. The van der Waals surface area contributed by atoms with E-state index in [1.807, 2.05) is 36.2 Å². The van der Waals surface area contributed by atoms with Gasteiger partial charge in [-0.2, -0.15) is 0 Å². The van der Waals surface area contributed by atoms with E-state index in [0.29, 0.717) is 24.3 Å². The Balaban J connectivity index is 0.00000264. The Morgan fingerprint density at radius 1 is 1.22 bits per heavy atom. The van der Waals surface area contributed by atoms with Crippen LogP contribution < -0.4 is 5.32 Å². The zero-order chi connectivity index (χ0) is 15.9. The molecule has 1 aromatic rings. The van der Waals surface area contributed by atoms with Gasteiger partial charge < -0.3 is 10.2 Å². The molecule has 0 spiro atoms. The van der Waals surface area contributed by atoms with Crippen LogP contribution in [-0.2, 0) is 11.2 Å². The first-order valence-electron chi connectivity index (χ1n) is 8.18. The molecule has 1 aromatic carbocycles. The number of nitrogens with zero attached hydrogens (tertiary/aromatic N) is 1. The molecule has 1 amide bonds. The highest BCUT2D eigenvalue weighted by Crippen LogP contribution is 2.17. The van der Waals surface area contributed by atoms with Gasteiger partial charge in [-0.05, 0) is 37.9 Å². The molecule has 0 aromatic heterocycles. The number of aryl methyl sites for hydroxylation is 1. The van der Waals surface area contributed by atoms with Crippen LogP contribution >= 0.6 is 12.4 Å². The predicted molar refractivity (Wildman–Crippen MR) is 95.2 cm³/mol. The summed E-state index contributed by atoms with van der Waals surface area (Å²) in [5, 5.41) is 3.16. The number of likely N-dealkylation sites (tertiary alicyclic amines) is 1. The van der Waals surface area contributed by atoms with Gasteiger partial charge in [-0.3, -0.25) is 9.59 Å². The van der Waals surface area contributed by atoms with Crippen molar-refractivity contribution in [2.45, 2.75) is 32.6 Å². The smallest absolute Gasteiger partial charge is 0.223 e. The van der Waals surface area contributed by atoms with Crippen LogP contribution in [0.15, 0.2) is 24.3 Å². The van der Waals surface area contributed by atoms with E-state index >= 15 is 0 Å². The molecule has 0 aliphatic carbocycles. The lowest BCUT2D eigenvalue weighted by Crippen LogP contribution is -2.30. The topological polar surface area (TPSA) is 49.4 Å². The van der Waals surface area contributed by atoms with Gasteiger partial charge in [0, 0.05) is 31.5 Å². The second-order valence-corrected chi connectivity index (χ2v) is 6.03. The lowest BCUT2D eigenvalue weighted by molar-refractivity contribution is -0.130. The van der Waals surface area contributed by atoms with E-state index < -0.39 is 0 Å². The molecular formula is C18H27ClN2O2. The Kier molecular flexibility index (Phi) is 8.28. The van der Waals surface area contributed by atoms with Crippen LogP contribution in [0.5, 0.6) is 0 Å². The molecule has 1 heterocycles. The minimum atomic E-state index is 0. The van der Waals surface area contributed by atoms with Crippen LogP contribution in [0.2, 0.25) is 0 Å². The number of hydrogen-bond donors (Lipinski definition) is 1. The van der Waals surface area contributed by atoms with E-state index in [1.165, 1.54) is 5.56 Å². The molecular weight excluding hydrogens is 312 g/mol. The molecule has 1 unspecified atom stereocenters. The fraction of sp³-hybridized carbons (Fsp3) is 0.556. The number of Topliss-reactive ketones (excluding diaryl/α,β-unsaturated/α-hetero) is 1. The number of nitrogens with one attached hydrogen (secondary N) is 1. The molecule has 128 valence electrons. The fourth-order valence-corrected chi connectivity index (χ4v) is 2.96. The lowest BCUT2D eigenvalue weighted by atomic mass is 10.0. The van der Waals surface area contributed by atoms with E-state index in [0.717, 1.165) is 32.5 Å².